The number of nitrogens with zero attached hydrogens (tertiary/aromatic N) is 1. The Hall–Kier alpha value is -2.37. The van der Waals surface area contributed by atoms with Gasteiger partial charge in [0.05, 0.1) is 6.61 Å². The zero-order valence-corrected chi connectivity index (χ0v) is 9.75. The number of urea groups is 1. The first-order valence-corrected chi connectivity index (χ1v) is 5.51. The van der Waals surface area contributed by atoms with Crippen molar-refractivity contribution in [2.45, 2.75) is 13.0 Å². The van der Waals surface area contributed by atoms with Gasteiger partial charge in [0.25, 0.3) is 5.91 Å². The van der Waals surface area contributed by atoms with E-state index in [9.17, 15) is 14.4 Å². The van der Waals surface area contributed by atoms with Crippen molar-refractivity contribution < 1.29 is 19.1 Å². The third-order valence-corrected chi connectivity index (χ3v) is 2.54. The summed E-state index contributed by atoms with van der Waals surface area (Å²) in [6.45, 7) is 1.77. The number of rotatable bonds is 2. The first-order valence-electron chi connectivity index (χ1n) is 5.51. The summed E-state index contributed by atoms with van der Waals surface area (Å²) in [7, 11) is 0. The average molecular weight is 248 g/mol. The Kier molecular flexibility index (Phi) is 3.27. The highest BCUT2D eigenvalue weighted by Gasteiger charge is 2.44. The molecule has 1 aromatic rings. The predicted octanol–water partition coefficient (Wildman–Crippen LogP) is 1.44. The van der Waals surface area contributed by atoms with E-state index in [1.54, 1.807) is 37.3 Å². The second-order valence-corrected chi connectivity index (χ2v) is 3.68. The molecule has 6 heteroatoms. The second kappa shape index (κ2) is 4.87. The Labute approximate surface area is 104 Å². The molecule has 1 aliphatic rings. The molecule has 1 N–H and O–H groups in total. The van der Waals surface area contributed by atoms with Crippen LogP contribution in [0.4, 0.5) is 9.59 Å². The van der Waals surface area contributed by atoms with Crippen molar-refractivity contribution in [1.29, 1.82) is 0 Å². The molecule has 1 atom stereocenters. The number of hydrogen-bond acceptors (Lipinski definition) is 4. The lowest BCUT2D eigenvalue weighted by atomic mass is 10.1. The fourth-order valence-corrected chi connectivity index (χ4v) is 1.79. The van der Waals surface area contributed by atoms with Gasteiger partial charge < -0.3 is 4.74 Å². The maximum absolute atomic E-state index is 11.7. The number of amides is 4. The Morgan fingerprint density at radius 2 is 2.00 bits per heavy atom. The lowest BCUT2D eigenvalue weighted by Crippen LogP contribution is -2.36. The highest BCUT2D eigenvalue weighted by molar-refractivity contribution is 6.10. The van der Waals surface area contributed by atoms with Crippen LogP contribution in [-0.4, -0.2) is 29.5 Å². The van der Waals surface area contributed by atoms with Gasteiger partial charge in [0, 0.05) is 0 Å². The number of benzene rings is 1. The molecule has 1 aliphatic heterocycles. The Morgan fingerprint density at radius 3 is 2.61 bits per heavy atom. The molecule has 0 aliphatic carbocycles. The fraction of sp³-hybridized carbons (Fsp3) is 0.250. The highest BCUT2D eigenvalue weighted by atomic mass is 16.6. The van der Waals surface area contributed by atoms with Gasteiger partial charge in [0.1, 0.15) is 6.04 Å². The van der Waals surface area contributed by atoms with E-state index in [1.165, 1.54) is 0 Å². The molecule has 4 amide bonds. The second-order valence-electron chi connectivity index (χ2n) is 3.68. The van der Waals surface area contributed by atoms with Crippen LogP contribution in [0.15, 0.2) is 30.3 Å². The summed E-state index contributed by atoms with van der Waals surface area (Å²) < 4.78 is 4.77. The molecule has 1 heterocycles. The Morgan fingerprint density at radius 1 is 1.33 bits per heavy atom. The maximum Gasteiger partial charge on any atom is 0.419 e. The molecule has 0 aromatic heterocycles. The summed E-state index contributed by atoms with van der Waals surface area (Å²) in [6.07, 6.45) is -0.824. The molecule has 1 fully saturated rings. The van der Waals surface area contributed by atoms with Crippen LogP contribution in [0.1, 0.15) is 18.5 Å². The van der Waals surface area contributed by atoms with Crippen molar-refractivity contribution in [3.63, 3.8) is 0 Å². The molecule has 6 nitrogen and oxygen atoms in total. The normalized spacial score (nSPS) is 18.7. The summed E-state index contributed by atoms with van der Waals surface area (Å²) in [5.74, 6) is -0.528. The Bertz CT molecular complexity index is 486. The summed E-state index contributed by atoms with van der Waals surface area (Å²) in [5.41, 5.74) is 0.564. The minimum atomic E-state index is -0.960. The topological polar surface area (TPSA) is 75.7 Å². The number of imide groups is 2. The van der Waals surface area contributed by atoms with Crippen LogP contribution in [0, 0.1) is 0 Å². The van der Waals surface area contributed by atoms with Gasteiger partial charge in [-0.3, -0.25) is 10.1 Å². The summed E-state index contributed by atoms with van der Waals surface area (Å²) in [5, 5.41) is 2.10. The van der Waals surface area contributed by atoms with Crippen molar-refractivity contribution >= 4 is 18.0 Å². The molecule has 1 unspecified atom stereocenters. The monoisotopic (exact) mass is 248 g/mol. The third-order valence-electron chi connectivity index (χ3n) is 2.54. The van der Waals surface area contributed by atoms with E-state index in [2.05, 4.69) is 5.32 Å². The van der Waals surface area contributed by atoms with Gasteiger partial charge in [-0.2, -0.15) is 0 Å². The minimum Gasteiger partial charge on any atom is -0.449 e. The molecule has 1 aromatic carbocycles. The van der Waals surface area contributed by atoms with E-state index in [-0.39, 0.29) is 6.61 Å². The largest absolute Gasteiger partial charge is 0.449 e. The van der Waals surface area contributed by atoms with Crippen LogP contribution in [0.2, 0.25) is 0 Å². The number of hydrogen-bond donors (Lipinski definition) is 1. The van der Waals surface area contributed by atoms with Crippen LogP contribution in [0.3, 0.4) is 0 Å². The number of ether oxygens (including phenoxy) is 1. The predicted molar refractivity (Wildman–Crippen MR) is 61.6 cm³/mol. The van der Waals surface area contributed by atoms with E-state index < -0.39 is 24.1 Å². The van der Waals surface area contributed by atoms with Gasteiger partial charge in [-0.1, -0.05) is 30.3 Å². The Balaban J connectivity index is 2.34. The molecule has 1 saturated heterocycles. The summed E-state index contributed by atoms with van der Waals surface area (Å²) in [4.78, 5) is 35.8. The summed E-state index contributed by atoms with van der Waals surface area (Å²) in [6, 6.07) is 6.88. The molecule has 94 valence electrons. The molecule has 2 rings (SSSR count). The van der Waals surface area contributed by atoms with Gasteiger partial charge in [-0.05, 0) is 12.5 Å². The van der Waals surface area contributed by atoms with Gasteiger partial charge in [-0.15, -0.1) is 0 Å². The first-order chi connectivity index (χ1) is 8.65. The molecule has 0 radical (unpaired) electrons. The third kappa shape index (κ3) is 2.04. The molecular weight excluding hydrogens is 236 g/mol. The number of carbonyl (C=O) groups excluding carboxylic acids is 3. The van der Waals surface area contributed by atoms with Crippen molar-refractivity contribution in [3.05, 3.63) is 35.9 Å². The van der Waals surface area contributed by atoms with Gasteiger partial charge >= 0.3 is 12.1 Å². The van der Waals surface area contributed by atoms with E-state index in [1.807, 2.05) is 0 Å². The van der Waals surface area contributed by atoms with Crippen molar-refractivity contribution in [2.75, 3.05) is 6.61 Å². The van der Waals surface area contributed by atoms with Gasteiger partial charge in [-0.25, -0.2) is 14.5 Å². The van der Waals surface area contributed by atoms with E-state index in [0.717, 1.165) is 4.90 Å². The zero-order valence-electron chi connectivity index (χ0n) is 9.75. The van der Waals surface area contributed by atoms with E-state index in [4.69, 9.17) is 4.74 Å². The lowest BCUT2D eigenvalue weighted by Gasteiger charge is -2.19. The van der Waals surface area contributed by atoms with Crippen LogP contribution >= 0.6 is 0 Å². The molecule has 0 bridgehead atoms. The molecule has 18 heavy (non-hydrogen) atoms. The van der Waals surface area contributed by atoms with Gasteiger partial charge in [0.2, 0.25) is 0 Å². The zero-order chi connectivity index (χ0) is 13.1. The van der Waals surface area contributed by atoms with Gasteiger partial charge in [0.15, 0.2) is 0 Å². The van der Waals surface area contributed by atoms with Crippen molar-refractivity contribution in [1.82, 2.24) is 10.2 Å². The molecule has 0 saturated carbocycles. The molecular formula is C12H12N2O4. The average Bonchev–Trinajstić information content (AvgIpc) is 2.65. The summed E-state index contributed by atoms with van der Waals surface area (Å²) >= 11 is 0. The standard InChI is InChI=1S/C12H12N2O4/c1-2-18-12(17)14-9(10(15)13-11(14)16)8-6-4-3-5-7-8/h3-7,9H,2H2,1H3,(H,13,15,16). The lowest BCUT2D eigenvalue weighted by molar-refractivity contribution is -0.121. The smallest absolute Gasteiger partial charge is 0.419 e. The fourth-order valence-electron chi connectivity index (χ4n) is 1.79. The van der Waals surface area contributed by atoms with Crippen molar-refractivity contribution in [3.8, 4) is 0 Å². The van der Waals surface area contributed by atoms with Crippen LogP contribution in [-0.2, 0) is 9.53 Å². The number of nitrogens with one attached hydrogen (secondary N) is 1. The highest BCUT2D eigenvalue weighted by Crippen LogP contribution is 2.26. The van der Waals surface area contributed by atoms with Crippen LogP contribution < -0.4 is 5.32 Å². The first kappa shape index (κ1) is 12.1. The van der Waals surface area contributed by atoms with Crippen LogP contribution in [0.5, 0.6) is 0 Å². The quantitative estimate of drug-likeness (QED) is 0.803. The van der Waals surface area contributed by atoms with E-state index in [0.29, 0.717) is 5.56 Å². The minimum absolute atomic E-state index is 0.137. The maximum atomic E-state index is 11.7. The SMILES string of the molecule is CCOC(=O)N1C(=O)NC(=O)C1c1ccccc1. The van der Waals surface area contributed by atoms with Crippen LogP contribution in [0.25, 0.3) is 0 Å². The molecule has 0 spiro atoms. The van der Waals surface area contributed by atoms with E-state index >= 15 is 0 Å². The van der Waals surface area contributed by atoms with Crippen molar-refractivity contribution in [2.24, 2.45) is 0 Å². The number of carbonyl (C=O) groups is 3.